The number of carbonyl (C=O) groups excluding carboxylic acids is 2. The fraction of sp³-hybridized carbons (Fsp3) is 0.357. The first-order valence-electron chi connectivity index (χ1n) is 6.36. The van der Waals surface area contributed by atoms with E-state index in [0.717, 1.165) is 16.9 Å². The van der Waals surface area contributed by atoms with Gasteiger partial charge in [0.2, 0.25) is 18.0 Å². The van der Waals surface area contributed by atoms with E-state index in [2.05, 4.69) is 0 Å². The van der Waals surface area contributed by atoms with Crippen LogP contribution in [0.4, 0.5) is 4.79 Å². The Hall–Kier alpha value is -2.37. The summed E-state index contributed by atoms with van der Waals surface area (Å²) in [5, 5.41) is 8.81. The van der Waals surface area contributed by atoms with Crippen LogP contribution in [0.3, 0.4) is 0 Å². The van der Waals surface area contributed by atoms with E-state index in [0.29, 0.717) is 5.56 Å². The average Bonchev–Trinajstić information content (AvgIpc) is 2.76. The SMILES string of the molecule is CCc1ccc(C(OC(=O)O)N2C(=O)CCC2=O)cc1. The summed E-state index contributed by atoms with van der Waals surface area (Å²) in [6, 6.07) is 6.98. The molecule has 1 atom stereocenters. The molecule has 1 saturated heterocycles. The Bertz CT molecular complexity index is 521. The predicted octanol–water partition coefficient (Wildman–Crippen LogP) is 2.09. The van der Waals surface area contributed by atoms with Gasteiger partial charge >= 0.3 is 6.16 Å². The maximum Gasteiger partial charge on any atom is 0.507 e. The van der Waals surface area contributed by atoms with Crippen LogP contribution in [-0.2, 0) is 20.7 Å². The number of rotatable bonds is 4. The van der Waals surface area contributed by atoms with Crippen molar-refractivity contribution in [1.82, 2.24) is 4.90 Å². The summed E-state index contributed by atoms with van der Waals surface area (Å²) in [7, 11) is 0. The number of likely N-dealkylation sites (tertiary alicyclic amines) is 1. The number of amides is 2. The van der Waals surface area contributed by atoms with Crippen LogP contribution in [0.15, 0.2) is 24.3 Å². The van der Waals surface area contributed by atoms with E-state index in [4.69, 9.17) is 9.84 Å². The fourth-order valence-corrected chi connectivity index (χ4v) is 2.14. The number of hydrogen-bond donors (Lipinski definition) is 1. The molecule has 1 aromatic carbocycles. The second-order valence-electron chi connectivity index (χ2n) is 4.49. The summed E-state index contributed by atoms with van der Waals surface area (Å²) in [6.07, 6.45) is -1.72. The largest absolute Gasteiger partial charge is 0.507 e. The van der Waals surface area contributed by atoms with Crippen molar-refractivity contribution in [2.75, 3.05) is 0 Å². The minimum Gasteiger partial charge on any atom is -0.450 e. The third kappa shape index (κ3) is 2.79. The predicted molar refractivity (Wildman–Crippen MR) is 68.8 cm³/mol. The lowest BCUT2D eigenvalue weighted by atomic mass is 10.1. The van der Waals surface area contributed by atoms with Gasteiger partial charge in [-0.1, -0.05) is 31.2 Å². The van der Waals surface area contributed by atoms with Gasteiger partial charge in [0.05, 0.1) is 0 Å². The summed E-state index contributed by atoms with van der Waals surface area (Å²) in [4.78, 5) is 35.2. The summed E-state index contributed by atoms with van der Waals surface area (Å²) >= 11 is 0. The maximum absolute atomic E-state index is 11.7. The van der Waals surface area contributed by atoms with Crippen LogP contribution in [0.2, 0.25) is 0 Å². The van der Waals surface area contributed by atoms with Crippen molar-refractivity contribution >= 4 is 18.0 Å². The number of carbonyl (C=O) groups is 3. The molecule has 20 heavy (non-hydrogen) atoms. The molecule has 1 fully saturated rings. The number of carboxylic acid groups (broad SMARTS) is 1. The van der Waals surface area contributed by atoms with E-state index in [1.165, 1.54) is 0 Å². The lowest BCUT2D eigenvalue weighted by molar-refractivity contribution is -0.151. The number of nitrogens with zero attached hydrogens (tertiary/aromatic N) is 1. The zero-order valence-electron chi connectivity index (χ0n) is 11.0. The molecule has 0 saturated carbocycles. The molecule has 1 heterocycles. The van der Waals surface area contributed by atoms with Gasteiger partial charge in [-0.15, -0.1) is 0 Å². The lowest BCUT2D eigenvalue weighted by Crippen LogP contribution is -2.36. The van der Waals surface area contributed by atoms with Crippen molar-refractivity contribution in [2.45, 2.75) is 32.4 Å². The van der Waals surface area contributed by atoms with Gasteiger partial charge in [-0.05, 0) is 12.0 Å². The molecule has 6 nitrogen and oxygen atoms in total. The van der Waals surface area contributed by atoms with Crippen molar-refractivity contribution in [3.8, 4) is 0 Å². The second-order valence-corrected chi connectivity index (χ2v) is 4.49. The van der Waals surface area contributed by atoms with Crippen molar-refractivity contribution in [1.29, 1.82) is 0 Å². The highest BCUT2D eigenvalue weighted by molar-refractivity contribution is 6.02. The standard InChI is InChI=1S/C14H15NO5/c1-2-9-3-5-10(6-4-9)13(20-14(18)19)15-11(16)7-8-12(15)17/h3-6,13H,2,7-8H2,1H3,(H,18,19). The Morgan fingerprint density at radius 1 is 1.25 bits per heavy atom. The molecule has 2 amide bonds. The zero-order valence-corrected chi connectivity index (χ0v) is 11.0. The molecule has 1 aliphatic heterocycles. The number of ether oxygens (including phenoxy) is 1. The van der Waals surface area contributed by atoms with Crippen LogP contribution >= 0.6 is 0 Å². The first-order chi connectivity index (χ1) is 9.52. The highest BCUT2D eigenvalue weighted by atomic mass is 16.7. The second kappa shape index (κ2) is 5.73. The quantitative estimate of drug-likeness (QED) is 0.673. The maximum atomic E-state index is 11.7. The zero-order chi connectivity index (χ0) is 14.7. The Morgan fingerprint density at radius 2 is 1.80 bits per heavy atom. The van der Waals surface area contributed by atoms with Gasteiger partial charge in [0, 0.05) is 18.4 Å². The normalized spacial score (nSPS) is 16.4. The highest BCUT2D eigenvalue weighted by Gasteiger charge is 2.38. The molecule has 0 aromatic heterocycles. The molecule has 2 rings (SSSR count). The number of hydrogen-bond acceptors (Lipinski definition) is 4. The Labute approximate surface area is 115 Å². The Kier molecular flexibility index (Phi) is 4.02. The van der Waals surface area contributed by atoms with E-state index >= 15 is 0 Å². The van der Waals surface area contributed by atoms with Gasteiger partial charge in [-0.25, -0.2) is 9.69 Å². The molecule has 0 aliphatic carbocycles. The van der Waals surface area contributed by atoms with E-state index in [-0.39, 0.29) is 12.8 Å². The van der Waals surface area contributed by atoms with Crippen molar-refractivity contribution in [3.63, 3.8) is 0 Å². The lowest BCUT2D eigenvalue weighted by Gasteiger charge is -2.25. The summed E-state index contributed by atoms with van der Waals surface area (Å²) in [6.45, 7) is 1.99. The molecule has 1 aromatic rings. The summed E-state index contributed by atoms with van der Waals surface area (Å²) in [5.74, 6) is -0.832. The number of imide groups is 1. The molecule has 6 heteroatoms. The smallest absolute Gasteiger partial charge is 0.450 e. The topological polar surface area (TPSA) is 83.9 Å². The minimum absolute atomic E-state index is 0.0886. The van der Waals surface area contributed by atoms with E-state index in [9.17, 15) is 14.4 Å². The van der Waals surface area contributed by atoms with Crippen molar-refractivity contribution in [2.24, 2.45) is 0 Å². The minimum atomic E-state index is -1.53. The third-order valence-corrected chi connectivity index (χ3v) is 3.21. The third-order valence-electron chi connectivity index (χ3n) is 3.21. The first-order valence-corrected chi connectivity index (χ1v) is 6.36. The summed E-state index contributed by atoms with van der Waals surface area (Å²) in [5.41, 5.74) is 1.54. The van der Waals surface area contributed by atoms with E-state index < -0.39 is 24.2 Å². The Morgan fingerprint density at radius 3 is 2.25 bits per heavy atom. The molecule has 1 N–H and O–H groups in total. The Balaban J connectivity index is 2.33. The van der Waals surface area contributed by atoms with Gasteiger partial charge in [0.1, 0.15) is 0 Å². The van der Waals surface area contributed by atoms with Crippen LogP contribution < -0.4 is 0 Å². The first kappa shape index (κ1) is 14.0. The van der Waals surface area contributed by atoms with Gasteiger partial charge in [0.15, 0.2) is 0 Å². The van der Waals surface area contributed by atoms with Gasteiger partial charge in [-0.2, -0.15) is 0 Å². The van der Waals surface area contributed by atoms with Crippen LogP contribution in [0.1, 0.15) is 37.1 Å². The van der Waals surface area contributed by atoms with E-state index in [1.54, 1.807) is 12.1 Å². The van der Waals surface area contributed by atoms with Gasteiger partial charge in [-0.3, -0.25) is 9.59 Å². The molecular weight excluding hydrogens is 262 g/mol. The number of aryl methyl sites for hydroxylation is 1. The van der Waals surface area contributed by atoms with Crippen LogP contribution in [0, 0.1) is 0 Å². The van der Waals surface area contributed by atoms with Crippen LogP contribution in [0.25, 0.3) is 0 Å². The van der Waals surface area contributed by atoms with Gasteiger partial charge in [0.25, 0.3) is 0 Å². The molecule has 1 unspecified atom stereocenters. The van der Waals surface area contributed by atoms with Crippen molar-refractivity contribution in [3.05, 3.63) is 35.4 Å². The highest BCUT2D eigenvalue weighted by Crippen LogP contribution is 2.28. The fourth-order valence-electron chi connectivity index (χ4n) is 2.14. The molecule has 1 aliphatic rings. The number of benzene rings is 1. The summed E-state index contributed by atoms with van der Waals surface area (Å²) < 4.78 is 4.74. The molecule has 0 radical (unpaired) electrons. The molecule has 106 valence electrons. The molecule has 0 bridgehead atoms. The monoisotopic (exact) mass is 277 g/mol. The van der Waals surface area contributed by atoms with Crippen molar-refractivity contribution < 1.29 is 24.2 Å². The van der Waals surface area contributed by atoms with E-state index in [1.807, 2.05) is 19.1 Å². The molecular formula is C14H15NO5. The van der Waals surface area contributed by atoms with Crippen LogP contribution in [0.5, 0.6) is 0 Å². The van der Waals surface area contributed by atoms with Crippen LogP contribution in [-0.4, -0.2) is 28.0 Å². The molecule has 0 spiro atoms. The average molecular weight is 277 g/mol. The van der Waals surface area contributed by atoms with Gasteiger partial charge < -0.3 is 9.84 Å².